The van der Waals surface area contributed by atoms with E-state index in [1.807, 2.05) is 0 Å². The molecule has 1 saturated heterocycles. The van der Waals surface area contributed by atoms with Crippen LogP contribution in [0.2, 0.25) is 0 Å². The summed E-state index contributed by atoms with van der Waals surface area (Å²) in [6.07, 6.45) is 0. The molecule has 2 nitrogen and oxygen atoms in total. The van der Waals surface area contributed by atoms with Gasteiger partial charge in [0.2, 0.25) is 0 Å². The third kappa shape index (κ3) is 3.43. The van der Waals surface area contributed by atoms with Gasteiger partial charge in [-0.15, -0.1) is 0 Å². The molecule has 0 radical (unpaired) electrons. The van der Waals surface area contributed by atoms with Gasteiger partial charge in [0, 0.05) is 13.1 Å². The lowest BCUT2D eigenvalue weighted by molar-refractivity contribution is 0.243. The van der Waals surface area contributed by atoms with Crippen LogP contribution in [0.5, 0.6) is 0 Å². The molecule has 1 rings (SSSR count). The lowest BCUT2D eigenvalue weighted by Crippen LogP contribution is -2.33. The summed E-state index contributed by atoms with van der Waals surface area (Å²) in [4.78, 5) is 2.50. The summed E-state index contributed by atoms with van der Waals surface area (Å²) in [6, 6.07) is 0. The van der Waals surface area contributed by atoms with E-state index >= 15 is 0 Å². The van der Waals surface area contributed by atoms with E-state index < -0.39 is 0 Å². The fourth-order valence-electron chi connectivity index (χ4n) is 2.13. The average Bonchev–Trinajstić information content (AvgIpc) is 2.50. The first-order valence-electron chi connectivity index (χ1n) is 5.71. The molecule has 0 aromatic carbocycles. The van der Waals surface area contributed by atoms with Crippen molar-refractivity contribution in [3.63, 3.8) is 0 Å². The zero-order valence-electron chi connectivity index (χ0n) is 9.84. The molecule has 0 unspecified atom stereocenters. The van der Waals surface area contributed by atoms with Gasteiger partial charge in [-0.3, -0.25) is 4.90 Å². The Morgan fingerprint density at radius 2 is 2.21 bits per heavy atom. The van der Waals surface area contributed by atoms with Crippen LogP contribution in [0.3, 0.4) is 0 Å². The lowest BCUT2D eigenvalue weighted by Gasteiger charge is -2.25. The normalized spacial score (nSPS) is 27.1. The molecule has 1 heterocycles. The first kappa shape index (κ1) is 11.7. The molecular formula is C12H24N2. The monoisotopic (exact) mass is 196 g/mol. The molecule has 2 atom stereocenters. The second-order valence-corrected chi connectivity index (χ2v) is 4.68. The van der Waals surface area contributed by atoms with E-state index in [0.717, 1.165) is 24.9 Å². The van der Waals surface area contributed by atoms with E-state index in [4.69, 9.17) is 0 Å². The zero-order valence-corrected chi connectivity index (χ0v) is 9.84. The Bertz CT molecular complexity index is 189. The summed E-state index contributed by atoms with van der Waals surface area (Å²) in [5.74, 6) is 1.66. The van der Waals surface area contributed by atoms with E-state index in [1.54, 1.807) is 0 Å². The molecule has 0 aromatic heterocycles. The Balaban J connectivity index is 2.35. The maximum absolute atomic E-state index is 3.98. The predicted molar refractivity (Wildman–Crippen MR) is 62.5 cm³/mol. The molecule has 0 aromatic rings. The van der Waals surface area contributed by atoms with E-state index in [-0.39, 0.29) is 0 Å². The van der Waals surface area contributed by atoms with Crippen molar-refractivity contribution in [3.05, 3.63) is 12.2 Å². The molecule has 0 aliphatic carbocycles. The van der Waals surface area contributed by atoms with Crippen LogP contribution >= 0.6 is 0 Å². The molecule has 1 fully saturated rings. The number of likely N-dealkylation sites (N-methyl/N-ethyl adjacent to an activating group) is 1. The highest BCUT2D eigenvalue weighted by Crippen LogP contribution is 2.17. The predicted octanol–water partition coefficient (Wildman–Crippen LogP) is 1.74. The molecule has 2 heteroatoms. The van der Waals surface area contributed by atoms with Gasteiger partial charge in [0.25, 0.3) is 0 Å². The van der Waals surface area contributed by atoms with Crippen LogP contribution in [0.15, 0.2) is 12.2 Å². The maximum Gasteiger partial charge on any atom is 0.0187 e. The number of nitrogens with zero attached hydrogens (tertiary/aromatic N) is 1. The number of hydrogen-bond donors (Lipinski definition) is 1. The highest BCUT2D eigenvalue weighted by atomic mass is 15.1. The second-order valence-electron chi connectivity index (χ2n) is 4.68. The van der Waals surface area contributed by atoms with Crippen LogP contribution in [0, 0.1) is 11.8 Å². The third-order valence-corrected chi connectivity index (χ3v) is 3.11. The van der Waals surface area contributed by atoms with Gasteiger partial charge < -0.3 is 5.32 Å². The van der Waals surface area contributed by atoms with Crippen LogP contribution in [-0.2, 0) is 0 Å². The molecule has 1 aliphatic rings. The fraction of sp³-hybridized carbons (Fsp3) is 0.833. The van der Waals surface area contributed by atoms with Crippen molar-refractivity contribution in [2.24, 2.45) is 11.8 Å². The molecular weight excluding hydrogens is 172 g/mol. The molecule has 1 aliphatic heterocycles. The molecule has 14 heavy (non-hydrogen) atoms. The standard InChI is InChI=1S/C12H24N2/c1-5-14(8-10(2)3)9-12-7-13-6-11(12)4/h11-13H,2,5-9H2,1,3-4H3/t11-,12+/m1/s1. The Labute approximate surface area is 88.4 Å². The van der Waals surface area contributed by atoms with Crippen LogP contribution in [0.1, 0.15) is 20.8 Å². The summed E-state index contributed by atoms with van der Waals surface area (Å²) in [7, 11) is 0. The van der Waals surface area contributed by atoms with E-state index in [9.17, 15) is 0 Å². The highest BCUT2D eigenvalue weighted by Gasteiger charge is 2.24. The summed E-state index contributed by atoms with van der Waals surface area (Å²) in [5.41, 5.74) is 1.27. The summed E-state index contributed by atoms with van der Waals surface area (Å²) in [5, 5.41) is 3.46. The Morgan fingerprint density at radius 1 is 1.50 bits per heavy atom. The molecule has 0 saturated carbocycles. The second kappa shape index (κ2) is 5.52. The van der Waals surface area contributed by atoms with Gasteiger partial charge in [0.15, 0.2) is 0 Å². The molecule has 1 N–H and O–H groups in total. The van der Waals surface area contributed by atoms with Crippen LogP contribution in [-0.4, -0.2) is 37.6 Å². The zero-order chi connectivity index (χ0) is 10.6. The van der Waals surface area contributed by atoms with Crippen molar-refractivity contribution in [2.45, 2.75) is 20.8 Å². The van der Waals surface area contributed by atoms with Gasteiger partial charge in [0.1, 0.15) is 0 Å². The molecule has 0 amide bonds. The van der Waals surface area contributed by atoms with Gasteiger partial charge in [-0.1, -0.05) is 26.0 Å². The van der Waals surface area contributed by atoms with Crippen molar-refractivity contribution in [2.75, 3.05) is 32.7 Å². The highest BCUT2D eigenvalue weighted by molar-refractivity contribution is 4.92. The van der Waals surface area contributed by atoms with Gasteiger partial charge >= 0.3 is 0 Å². The van der Waals surface area contributed by atoms with Crippen molar-refractivity contribution in [3.8, 4) is 0 Å². The largest absolute Gasteiger partial charge is 0.316 e. The fourth-order valence-corrected chi connectivity index (χ4v) is 2.13. The quantitative estimate of drug-likeness (QED) is 0.674. The summed E-state index contributed by atoms with van der Waals surface area (Å²) < 4.78 is 0. The third-order valence-electron chi connectivity index (χ3n) is 3.11. The number of hydrogen-bond acceptors (Lipinski definition) is 2. The Hall–Kier alpha value is -0.340. The minimum absolute atomic E-state index is 0.828. The summed E-state index contributed by atoms with van der Waals surface area (Å²) >= 11 is 0. The average molecular weight is 196 g/mol. The van der Waals surface area contributed by atoms with Crippen LogP contribution < -0.4 is 5.32 Å². The van der Waals surface area contributed by atoms with Gasteiger partial charge in [-0.25, -0.2) is 0 Å². The smallest absolute Gasteiger partial charge is 0.0187 e. The Kier molecular flexibility index (Phi) is 4.63. The van der Waals surface area contributed by atoms with E-state index in [1.165, 1.54) is 25.2 Å². The minimum atomic E-state index is 0.828. The lowest BCUT2D eigenvalue weighted by atomic mass is 9.97. The van der Waals surface area contributed by atoms with Gasteiger partial charge in [-0.2, -0.15) is 0 Å². The maximum atomic E-state index is 3.98. The minimum Gasteiger partial charge on any atom is -0.316 e. The molecule has 0 bridgehead atoms. The van der Waals surface area contributed by atoms with Crippen LogP contribution in [0.4, 0.5) is 0 Å². The molecule has 0 spiro atoms. The van der Waals surface area contributed by atoms with Gasteiger partial charge in [0.05, 0.1) is 0 Å². The van der Waals surface area contributed by atoms with E-state index in [0.29, 0.717) is 0 Å². The molecule has 82 valence electrons. The van der Waals surface area contributed by atoms with Crippen molar-refractivity contribution in [1.82, 2.24) is 10.2 Å². The number of rotatable bonds is 5. The van der Waals surface area contributed by atoms with Crippen LogP contribution in [0.25, 0.3) is 0 Å². The topological polar surface area (TPSA) is 15.3 Å². The first-order valence-corrected chi connectivity index (χ1v) is 5.71. The summed E-state index contributed by atoms with van der Waals surface area (Å²) in [6.45, 7) is 16.5. The van der Waals surface area contributed by atoms with Crippen molar-refractivity contribution >= 4 is 0 Å². The van der Waals surface area contributed by atoms with Crippen molar-refractivity contribution < 1.29 is 0 Å². The van der Waals surface area contributed by atoms with Crippen molar-refractivity contribution in [1.29, 1.82) is 0 Å². The first-order chi connectivity index (χ1) is 6.63. The number of nitrogens with one attached hydrogen (secondary N) is 1. The Morgan fingerprint density at radius 3 is 2.64 bits per heavy atom. The van der Waals surface area contributed by atoms with Gasteiger partial charge in [-0.05, 0) is 38.4 Å². The van der Waals surface area contributed by atoms with E-state index in [2.05, 4.69) is 37.6 Å². The SMILES string of the molecule is C=C(C)CN(CC)C[C@@H]1CNC[C@H]1C.